The zero-order chi connectivity index (χ0) is 18.0. The summed E-state index contributed by atoms with van der Waals surface area (Å²) in [5, 5.41) is 2.49. The standard InChI is InChI=1S/C16H15FN4O3S/c1-10(21-25(23,24)14-9-5-2-6-11(14)17)15(22)20-16-18-12-7-3-4-8-13(12)19-16/h2-10,21H,1H3,(H2,18,19,20,22)/t10-/m1/s1. The van der Waals surface area contributed by atoms with Crippen molar-refractivity contribution in [1.82, 2.24) is 14.7 Å². The monoisotopic (exact) mass is 362 g/mol. The van der Waals surface area contributed by atoms with Crippen LogP contribution in [-0.4, -0.2) is 30.3 Å². The van der Waals surface area contributed by atoms with Crippen LogP contribution in [-0.2, 0) is 14.8 Å². The largest absolute Gasteiger partial charge is 0.324 e. The second-order valence-electron chi connectivity index (χ2n) is 5.37. The van der Waals surface area contributed by atoms with Crippen LogP contribution < -0.4 is 10.0 Å². The van der Waals surface area contributed by atoms with Crippen LogP contribution in [0, 0.1) is 5.82 Å². The molecule has 1 heterocycles. The normalized spacial score (nSPS) is 12.9. The van der Waals surface area contributed by atoms with Crippen LogP contribution in [0.3, 0.4) is 0 Å². The number of anilines is 1. The van der Waals surface area contributed by atoms with E-state index in [-0.39, 0.29) is 5.95 Å². The number of rotatable bonds is 5. The molecule has 25 heavy (non-hydrogen) atoms. The van der Waals surface area contributed by atoms with Crippen molar-refractivity contribution in [3.63, 3.8) is 0 Å². The predicted octanol–water partition coefficient (Wildman–Crippen LogP) is 2.01. The van der Waals surface area contributed by atoms with E-state index in [1.54, 1.807) is 18.2 Å². The van der Waals surface area contributed by atoms with E-state index in [1.165, 1.54) is 19.1 Å². The molecule has 0 spiro atoms. The number of amides is 1. The number of H-pyrrole nitrogens is 1. The lowest BCUT2D eigenvalue weighted by atomic mass is 10.3. The highest BCUT2D eigenvalue weighted by Crippen LogP contribution is 2.15. The molecular formula is C16H15FN4O3S. The fourth-order valence-corrected chi connectivity index (χ4v) is 3.53. The fourth-order valence-electron chi connectivity index (χ4n) is 2.25. The highest BCUT2D eigenvalue weighted by molar-refractivity contribution is 7.89. The third-order valence-corrected chi connectivity index (χ3v) is 5.06. The Labute approximate surface area is 143 Å². The van der Waals surface area contributed by atoms with E-state index in [2.05, 4.69) is 20.0 Å². The van der Waals surface area contributed by atoms with E-state index in [4.69, 9.17) is 0 Å². The van der Waals surface area contributed by atoms with Gasteiger partial charge in [-0.05, 0) is 31.2 Å². The number of nitrogens with zero attached hydrogens (tertiary/aromatic N) is 1. The number of nitrogens with one attached hydrogen (secondary N) is 3. The number of imidazole rings is 1. The molecule has 0 unspecified atom stereocenters. The molecule has 0 aliphatic carbocycles. The Morgan fingerprint density at radius 1 is 1.16 bits per heavy atom. The first-order valence-corrected chi connectivity index (χ1v) is 8.87. The molecule has 0 aliphatic rings. The molecule has 130 valence electrons. The predicted molar refractivity (Wildman–Crippen MR) is 90.9 cm³/mol. The van der Waals surface area contributed by atoms with Crippen molar-refractivity contribution in [3.05, 3.63) is 54.3 Å². The first kappa shape index (κ1) is 17.1. The summed E-state index contributed by atoms with van der Waals surface area (Å²) in [5.74, 6) is -1.32. The third-order valence-electron chi connectivity index (χ3n) is 3.48. The maximum atomic E-state index is 13.7. The summed E-state index contributed by atoms with van der Waals surface area (Å²) in [7, 11) is -4.17. The highest BCUT2D eigenvalue weighted by Gasteiger charge is 2.24. The topological polar surface area (TPSA) is 104 Å². The number of aromatic nitrogens is 2. The number of halogens is 1. The SMILES string of the molecule is C[C@@H](NS(=O)(=O)c1ccccc1F)C(=O)Nc1nc2ccccc2[nH]1. The Bertz CT molecular complexity index is 1000. The molecule has 1 atom stereocenters. The van der Waals surface area contributed by atoms with Crippen molar-refractivity contribution < 1.29 is 17.6 Å². The van der Waals surface area contributed by atoms with Gasteiger partial charge in [0.2, 0.25) is 21.9 Å². The first-order chi connectivity index (χ1) is 11.9. The second kappa shape index (κ2) is 6.61. The fraction of sp³-hybridized carbons (Fsp3) is 0.125. The highest BCUT2D eigenvalue weighted by atomic mass is 32.2. The summed E-state index contributed by atoms with van der Waals surface area (Å²) >= 11 is 0. The lowest BCUT2D eigenvalue weighted by molar-refractivity contribution is -0.117. The van der Waals surface area contributed by atoms with Crippen LogP contribution in [0.5, 0.6) is 0 Å². The van der Waals surface area contributed by atoms with Gasteiger partial charge in [0.1, 0.15) is 10.7 Å². The van der Waals surface area contributed by atoms with Gasteiger partial charge >= 0.3 is 0 Å². The van der Waals surface area contributed by atoms with Crippen molar-refractivity contribution >= 4 is 32.9 Å². The van der Waals surface area contributed by atoms with Gasteiger partial charge in [-0.2, -0.15) is 4.72 Å². The van der Waals surface area contributed by atoms with E-state index in [9.17, 15) is 17.6 Å². The van der Waals surface area contributed by atoms with Crippen molar-refractivity contribution in [2.75, 3.05) is 5.32 Å². The summed E-state index contributed by atoms with van der Waals surface area (Å²) in [4.78, 5) is 18.8. The van der Waals surface area contributed by atoms with Crippen molar-refractivity contribution in [3.8, 4) is 0 Å². The maximum absolute atomic E-state index is 13.7. The molecule has 3 rings (SSSR count). The number of para-hydroxylation sites is 2. The number of carbonyl (C=O) groups is 1. The van der Waals surface area contributed by atoms with E-state index in [0.29, 0.717) is 5.52 Å². The molecule has 1 aromatic heterocycles. The molecule has 1 amide bonds. The quantitative estimate of drug-likeness (QED) is 0.646. The van der Waals surface area contributed by atoms with Gasteiger partial charge in [0.15, 0.2) is 0 Å². The number of hydrogen-bond donors (Lipinski definition) is 3. The minimum atomic E-state index is -4.17. The van der Waals surface area contributed by atoms with Gasteiger partial charge in [-0.1, -0.05) is 24.3 Å². The van der Waals surface area contributed by atoms with Gasteiger partial charge in [-0.15, -0.1) is 0 Å². The summed E-state index contributed by atoms with van der Waals surface area (Å²) in [5.41, 5.74) is 1.40. The second-order valence-corrected chi connectivity index (χ2v) is 7.05. The van der Waals surface area contributed by atoms with E-state index in [1.807, 2.05) is 6.07 Å². The molecule has 7 nitrogen and oxygen atoms in total. The van der Waals surface area contributed by atoms with Gasteiger partial charge in [0.05, 0.1) is 17.1 Å². The van der Waals surface area contributed by atoms with Crippen molar-refractivity contribution in [2.45, 2.75) is 17.9 Å². The molecule has 2 aromatic carbocycles. The first-order valence-electron chi connectivity index (χ1n) is 7.39. The van der Waals surface area contributed by atoms with Crippen LogP contribution in [0.4, 0.5) is 10.3 Å². The zero-order valence-corrected chi connectivity index (χ0v) is 14.0. The molecule has 0 saturated carbocycles. The van der Waals surface area contributed by atoms with Crippen LogP contribution in [0.25, 0.3) is 11.0 Å². The molecule has 9 heteroatoms. The van der Waals surface area contributed by atoms with Crippen LogP contribution >= 0.6 is 0 Å². The molecule has 3 aromatic rings. The Balaban J connectivity index is 1.73. The van der Waals surface area contributed by atoms with Crippen LogP contribution in [0.1, 0.15) is 6.92 Å². The molecule has 0 fully saturated rings. The van der Waals surface area contributed by atoms with E-state index >= 15 is 0 Å². The molecule has 3 N–H and O–H groups in total. The average Bonchev–Trinajstić information content (AvgIpc) is 2.96. The Kier molecular flexibility index (Phi) is 4.51. The summed E-state index contributed by atoms with van der Waals surface area (Å²) < 4.78 is 40.2. The molecule has 0 saturated heterocycles. The van der Waals surface area contributed by atoms with Gasteiger partial charge in [-0.3, -0.25) is 10.1 Å². The summed E-state index contributed by atoms with van der Waals surface area (Å²) in [6.07, 6.45) is 0. The maximum Gasteiger partial charge on any atom is 0.244 e. The minimum absolute atomic E-state index is 0.197. The summed E-state index contributed by atoms with van der Waals surface area (Å²) in [6, 6.07) is 11.0. The van der Waals surface area contributed by atoms with E-state index in [0.717, 1.165) is 17.6 Å². The average molecular weight is 362 g/mol. The van der Waals surface area contributed by atoms with Crippen molar-refractivity contribution in [2.24, 2.45) is 0 Å². The smallest absolute Gasteiger partial charge is 0.244 e. The number of sulfonamides is 1. The number of carbonyl (C=O) groups excluding carboxylic acids is 1. The number of fused-ring (bicyclic) bond motifs is 1. The molecular weight excluding hydrogens is 347 g/mol. The Morgan fingerprint density at radius 2 is 1.84 bits per heavy atom. The van der Waals surface area contributed by atoms with Gasteiger partial charge in [0.25, 0.3) is 0 Å². The van der Waals surface area contributed by atoms with Crippen LogP contribution in [0.15, 0.2) is 53.4 Å². The zero-order valence-electron chi connectivity index (χ0n) is 13.2. The number of aromatic amines is 1. The Hall–Kier alpha value is -2.78. The van der Waals surface area contributed by atoms with Gasteiger partial charge in [0, 0.05) is 0 Å². The molecule has 0 aliphatic heterocycles. The third kappa shape index (κ3) is 3.67. The molecule has 0 radical (unpaired) electrons. The number of benzene rings is 2. The lowest BCUT2D eigenvalue weighted by Gasteiger charge is -2.13. The summed E-state index contributed by atoms with van der Waals surface area (Å²) in [6.45, 7) is 1.36. The van der Waals surface area contributed by atoms with Crippen molar-refractivity contribution in [1.29, 1.82) is 0 Å². The van der Waals surface area contributed by atoms with Crippen LogP contribution in [0.2, 0.25) is 0 Å². The molecule has 0 bridgehead atoms. The van der Waals surface area contributed by atoms with Gasteiger partial charge in [-0.25, -0.2) is 17.8 Å². The van der Waals surface area contributed by atoms with Gasteiger partial charge < -0.3 is 4.98 Å². The Morgan fingerprint density at radius 3 is 2.56 bits per heavy atom. The van der Waals surface area contributed by atoms with E-state index < -0.39 is 32.7 Å². The minimum Gasteiger partial charge on any atom is -0.324 e. The lowest BCUT2D eigenvalue weighted by Crippen LogP contribution is -2.41. The number of hydrogen-bond acceptors (Lipinski definition) is 4.